The number of likely N-dealkylation sites (tertiary alicyclic amines) is 1. The van der Waals surface area contributed by atoms with Crippen LogP contribution in [0.4, 0.5) is 10.5 Å². The summed E-state index contributed by atoms with van der Waals surface area (Å²) in [7, 11) is 6.13. The van der Waals surface area contributed by atoms with E-state index in [1.54, 1.807) is 158 Å². The van der Waals surface area contributed by atoms with Gasteiger partial charge in [-0.15, -0.1) is 47.0 Å². The van der Waals surface area contributed by atoms with Crippen LogP contribution in [-0.2, 0) is 63.4 Å². The van der Waals surface area contributed by atoms with Crippen LogP contribution in [0.15, 0.2) is 188 Å². The number of ether oxygens (including phenoxy) is 6. The van der Waals surface area contributed by atoms with Crippen LogP contribution in [0.3, 0.4) is 0 Å². The molecular formula is C84H97N8O15S5+. The van der Waals surface area contributed by atoms with E-state index in [0.29, 0.717) is 110 Å². The molecule has 0 aliphatic carbocycles. The number of hydrogen-bond donors (Lipinski definition) is 1. The average molecular weight is 1620 g/mol. The van der Waals surface area contributed by atoms with Gasteiger partial charge >= 0.3 is 6.09 Å². The Bertz CT molecular complexity index is 4730. The van der Waals surface area contributed by atoms with E-state index in [4.69, 9.17) is 28.4 Å². The molecule has 4 amide bonds. The molecule has 7 heterocycles. The number of carbonyl (C=O) groups is 5. The number of sulfone groups is 1. The number of piperidine rings is 1. The number of nitrogens with zero attached hydrogens (tertiary/aromatic N) is 8. The standard InChI is InChI=1S/C27H29N3O4S2.C25H32N2O4S.C18H19N2O4S.C14H17NO3S/c1-33-20-6-8-24-18(14-20)16-29(10-12-35-24)26(31)22-4-3-5-23(28-22)27(32)30-11-13-36-25-9-7-21(34-2)15-19(25)17-30;1-31-23-7-8-24-22(18-23)19-27(15-16-32(24,29)30)25(28)11-14-26-12-9-21(10-13-26)17-20-5-3-2-4-6-20;1-19(22)14-3-5-15(6-4-14)24-18(21)20-9-10-25-17-8-7-16(23-2)11-13(17)12-20;1-10(16)7-14(17)15-5-6-19-13-4-3-12(18-2)8-11(13)9-15/h3-9,14-15,26,31H,10-13,16-17H2,1-2H3;2-8,18,21H,9-17,19H2,1H3;3-8,11H,9-10,12H2,1-2H3;3-4,8H,5-7,9H2,1-2H3/q;;+1;. The molecule has 23 nitrogen and oxygen atoms in total. The molecule has 7 aromatic carbocycles. The smallest absolute Gasteiger partial charge is 0.415 e. The number of carbonyl (C=O) groups excluding carboxylic acids is 5. The van der Waals surface area contributed by atoms with Gasteiger partial charge in [-0.05, 0) is 194 Å². The number of rotatable bonds is 17. The van der Waals surface area contributed by atoms with Gasteiger partial charge in [-0.2, -0.15) is 0 Å². The first-order chi connectivity index (χ1) is 54.2. The van der Waals surface area contributed by atoms with Crippen LogP contribution >= 0.6 is 47.0 Å². The first-order valence-electron chi connectivity index (χ1n) is 37.2. The summed E-state index contributed by atoms with van der Waals surface area (Å²) in [5.41, 5.74) is 7.66. The molecule has 1 N–H and O–H groups in total. The molecule has 112 heavy (non-hydrogen) atoms. The van der Waals surface area contributed by atoms with Gasteiger partial charge in [0.1, 0.15) is 46.0 Å². The molecule has 14 rings (SSSR count). The van der Waals surface area contributed by atoms with Crippen LogP contribution in [0.5, 0.6) is 34.5 Å². The Hall–Kier alpha value is -9.13. The lowest BCUT2D eigenvalue weighted by Gasteiger charge is -2.32. The van der Waals surface area contributed by atoms with E-state index < -0.39 is 22.2 Å². The maximum Gasteiger partial charge on any atom is 0.415 e. The Balaban J connectivity index is 0.000000151. The number of aromatic nitrogens is 1. The summed E-state index contributed by atoms with van der Waals surface area (Å²) in [6.45, 7) is 9.42. The van der Waals surface area contributed by atoms with E-state index in [-0.39, 0.29) is 42.2 Å². The summed E-state index contributed by atoms with van der Waals surface area (Å²) >= 11 is 6.96. The van der Waals surface area contributed by atoms with Crippen molar-refractivity contribution < 1.29 is 70.7 Å². The molecule has 0 spiro atoms. The Morgan fingerprint density at radius 2 is 0.982 bits per heavy atom. The van der Waals surface area contributed by atoms with Crippen LogP contribution in [-0.4, -0.2) is 206 Å². The number of ketones is 1. The first-order valence-corrected chi connectivity index (χ1v) is 42.8. The molecule has 0 radical (unpaired) electrons. The van der Waals surface area contributed by atoms with Crippen molar-refractivity contribution in [2.45, 2.75) is 102 Å². The molecule has 1 saturated heterocycles. The molecule has 28 heteroatoms. The minimum atomic E-state index is -3.40. The second kappa shape index (κ2) is 40.6. The molecule has 1 fully saturated rings. The Kier molecular flexibility index (Phi) is 30.3. The van der Waals surface area contributed by atoms with Gasteiger partial charge in [-0.1, -0.05) is 36.4 Å². The highest BCUT2D eigenvalue weighted by molar-refractivity contribution is 8.00. The van der Waals surface area contributed by atoms with E-state index in [0.717, 1.165) is 117 Å². The number of benzene rings is 7. The van der Waals surface area contributed by atoms with Gasteiger partial charge in [-0.3, -0.25) is 24.1 Å². The van der Waals surface area contributed by atoms with Crippen molar-refractivity contribution in [2.24, 2.45) is 5.92 Å². The molecule has 8 aromatic rings. The predicted molar refractivity (Wildman–Crippen MR) is 436 cm³/mol. The average Bonchev–Trinajstić information content (AvgIpc) is 1.55. The number of fused-ring (bicyclic) bond motifs is 5. The van der Waals surface area contributed by atoms with Crippen molar-refractivity contribution in [3.05, 3.63) is 213 Å². The summed E-state index contributed by atoms with van der Waals surface area (Å²) in [5.74, 6) is 7.82. The number of aliphatic hydroxyl groups is 1. The number of aliphatic hydroxyl groups excluding tert-OH is 1. The fourth-order valence-electron chi connectivity index (χ4n) is 13.8. The monoisotopic (exact) mass is 1620 g/mol. The van der Waals surface area contributed by atoms with Crippen molar-refractivity contribution >= 4 is 92.2 Å². The number of methoxy groups -OCH3 is 5. The number of nitroso groups, excluding NO2 is 1. The van der Waals surface area contributed by atoms with Gasteiger partial charge in [0.05, 0.1) is 64.9 Å². The van der Waals surface area contributed by atoms with Crippen LogP contribution in [0.1, 0.15) is 88.4 Å². The zero-order valence-electron chi connectivity index (χ0n) is 64.3. The van der Waals surface area contributed by atoms with Crippen LogP contribution in [0, 0.1) is 10.8 Å². The maximum absolute atomic E-state index is 13.5. The van der Waals surface area contributed by atoms with Crippen LogP contribution in [0.2, 0.25) is 0 Å². The lowest BCUT2D eigenvalue weighted by molar-refractivity contribution is -0.428. The van der Waals surface area contributed by atoms with E-state index in [1.165, 1.54) is 34.2 Å². The fraction of sp³-hybridized carbons (Fsp3) is 0.381. The van der Waals surface area contributed by atoms with Gasteiger partial charge in [0.15, 0.2) is 23.1 Å². The van der Waals surface area contributed by atoms with E-state index in [9.17, 15) is 42.4 Å². The molecule has 0 saturated carbocycles. The van der Waals surface area contributed by atoms with Gasteiger partial charge in [0.25, 0.3) is 11.6 Å². The van der Waals surface area contributed by atoms with Gasteiger partial charge in [-0.25, -0.2) is 18.2 Å². The zero-order chi connectivity index (χ0) is 79.3. The van der Waals surface area contributed by atoms with Crippen molar-refractivity contribution in [2.75, 3.05) is 124 Å². The summed E-state index contributed by atoms with van der Waals surface area (Å²) < 4.78 is 58.0. The molecule has 6 aliphatic heterocycles. The minimum Gasteiger partial charge on any atom is -0.497 e. The highest BCUT2D eigenvalue weighted by atomic mass is 32.2. The van der Waals surface area contributed by atoms with E-state index in [1.807, 2.05) is 70.5 Å². The second-order valence-electron chi connectivity index (χ2n) is 27.6. The third kappa shape index (κ3) is 23.1. The van der Waals surface area contributed by atoms with Crippen LogP contribution < -0.4 is 28.4 Å². The number of thioether (sulfide) groups is 4. The summed E-state index contributed by atoms with van der Waals surface area (Å²) in [6, 6.07) is 51.3. The minimum absolute atomic E-state index is 0.00995. The normalized spacial score (nSPS) is 16.4. The third-order valence-corrected chi connectivity index (χ3v) is 26.2. The second-order valence-corrected chi connectivity index (χ2v) is 34.2. The Morgan fingerprint density at radius 3 is 1.52 bits per heavy atom. The van der Waals surface area contributed by atoms with E-state index >= 15 is 0 Å². The van der Waals surface area contributed by atoms with Gasteiger partial charge < -0.3 is 58.0 Å². The van der Waals surface area contributed by atoms with Crippen molar-refractivity contribution in [3.63, 3.8) is 0 Å². The highest BCUT2D eigenvalue weighted by Crippen LogP contribution is 2.37. The SMILES string of the molecule is COc1ccc2c(c1)CN(C(=O)CC(C)=O)CCS2.COc1ccc2c(c1)CN(C(=O)CCN1CCC(Cc3ccccc3)CC1)CCS2(=O)=O.COc1ccc2c(c1)CN(C(=O)Oc1ccc([N+](C)=O)cc1)CCS2.COc1ccc2c(c1)CN(C(=O)c1cccc(C(O)N3CCSc4ccc(OC)cc4C3)n1)CCS2. The summed E-state index contributed by atoms with van der Waals surface area (Å²) in [5, 5.41) is 11.3. The lowest BCUT2D eigenvalue weighted by Crippen LogP contribution is -2.39. The van der Waals surface area contributed by atoms with Gasteiger partial charge in [0, 0.05) is 136 Å². The summed E-state index contributed by atoms with van der Waals surface area (Å²) in [4.78, 5) is 94.1. The number of amides is 4. The topological polar surface area (TPSA) is 248 Å². The van der Waals surface area contributed by atoms with Crippen molar-refractivity contribution in [1.82, 2.24) is 34.4 Å². The van der Waals surface area contributed by atoms with Crippen LogP contribution in [0.25, 0.3) is 0 Å². The zero-order valence-corrected chi connectivity index (χ0v) is 68.4. The fourth-order valence-corrected chi connectivity index (χ4v) is 19.3. The molecular weight excluding hydrogens is 1520 g/mol. The van der Waals surface area contributed by atoms with E-state index in [2.05, 4.69) is 52.3 Å². The van der Waals surface area contributed by atoms with Crippen molar-refractivity contribution in [3.8, 4) is 34.5 Å². The molecule has 592 valence electrons. The van der Waals surface area contributed by atoms with Gasteiger partial charge in [0.2, 0.25) is 11.8 Å². The number of hydrogen-bond acceptors (Lipinski definition) is 22. The summed E-state index contributed by atoms with van der Waals surface area (Å²) in [6.07, 6.45) is 2.52. The molecule has 1 unspecified atom stereocenters. The highest BCUT2D eigenvalue weighted by Gasteiger charge is 2.32. The molecule has 0 bridgehead atoms. The number of Topliss-reactive ketones (excluding diaryl/α,β-unsaturated/α-hetero) is 1. The quantitative estimate of drug-likeness (QED) is 0.0657. The largest absolute Gasteiger partial charge is 0.497 e. The molecule has 6 aliphatic rings. The molecule has 1 atom stereocenters. The Labute approximate surface area is 672 Å². The third-order valence-electron chi connectivity index (χ3n) is 20.0. The maximum atomic E-state index is 13.5. The number of pyridine rings is 1. The Morgan fingerprint density at radius 1 is 0.518 bits per heavy atom. The molecule has 1 aromatic heterocycles. The lowest BCUT2D eigenvalue weighted by atomic mass is 9.90. The first kappa shape index (κ1) is 83.8. The van der Waals surface area contributed by atoms with Crippen molar-refractivity contribution in [1.29, 1.82) is 0 Å². The predicted octanol–water partition coefficient (Wildman–Crippen LogP) is 13.6.